The third kappa shape index (κ3) is 2.45. The van der Waals surface area contributed by atoms with Gasteiger partial charge in [0.25, 0.3) is 5.91 Å². The van der Waals surface area contributed by atoms with Gasteiger partial charge in [0, 0.05) is 19.2 Å². The van der Waals surface area contributed by atoms with Crippen molar-refractivity contribution < 1.29 is 18.0 Å². The van der Waals surface area contributed by atoms with E-state index in [0.717, 1.165) is 4.90 Å². The van der Waals surface area contributed by atoms with Crippen molar-refractivity contribution in [2.75, 3.05) is 17.7 Å². The molecule has 2 rings (SSSR count). The Morgan fingerprint density at radius 1 is 1.10 bits per heavy atom. The van der Waals surface area contributed by atoms with Crippen molar-refractivity contribution in [3.8, 4) is 0 Å². The lowest BCUT2D eigenvalue weighted by Crippen LogP contribution is -2.29. The van der Waals surface area contributed by atoms with Gasteiger partial charge < -0.3 is 10.6 Å². The van der Waals surface area contributed by atoms with Crippen LogP contribution in [-0.4, -0.2) is 13.0 Å². The summed E-state index contributed by atoms with van der Waals surface area (Å²) in [5, 5.41) is 0. The van der Waals surface area contributed by atoms with E-state index >= 15 is 0 Å². The van der Waals surface area contributed by atoms with Gasteiger partial charge in [-0.2, -0.15) is 0 Å². The number of hydrogen-bond donors (Lipinski definition) is 1. The Labute approximate surface area is 113 Å². The highest BCUT2D eigenvalue weighted by molar-refractivity contribution is 6.07. The Hall–Kier alpha value is -2.50. The fraction of sp³-hybridized carbons (Fsp3) is 0.0714. The monoisotopic (exact) mass is 280 g/mol. The summed E-state index contributed by atoms with van der Waals surface area (Å²) in [5.41, 5.74) is 5.46. The minimum absolute atomic E-state index is 0.284. The van der Waals surface area contributed by atoms with E-state index < -0.39 is 28.9 Å². The van der Waals surface area contributed by atoms with Crippen molar-refractivity contribution >= 4 is 17.3 Å². The lowest BCUT2D eigenvalue weighted by Gasteiger charge is -2.19. The van der Waals surface area contributed by atoms with Crippen molar-refractivity contribution in [2.24, 2.45) is 0 Å². The zero-order valence-electron chi connectivity index (χ0n) is 10.5. The minimum atomic E-state index is -1.26. The smallest absolute Gasteiger partial charge is 0.264 e. The van der Waals surface area contributed by atoms with Gasteiger partial charge >= 0.3 is 0 Å². The number of para-hydroxylation sites is 2. The van der Waals surface area contributed by atoms with Crippen molar-refractivity contribution in [1.29, 1.82) is 0 Å². The van der Waals surface area contributed by atoms with Crippen molar-refractivity contribution in [1.82, 2.24) is 0 Å². The van der Waals surface area contributed by atoms with E-state index in [2.05, 4.69) is 0 Å². The van der Waals surface area contributed by atoms with E-state index in [-0.39, 0.29) is 5.69 Å². The predicted molar refractivity (Wildman–Crippen MR) is 69.9 cm³/mol. The molecule has 0 radical (unpaired) electrons. The van der Waals surface area contributed by atoms with Crippen LogP contribution in [-0.2, 0) is 0 Å². The van der Waals surface area contributed by atoms with Gasteiger partial charge in [-0.3, -0.25) is 4.79 Å². The van der Waals surface area contributed by atoms with Crippen LogP contribution in [0.25, 0.3) is 0 Å². The van der Waals surface area contributed by atoms with E-state index in [1.165, 1.54) is 13.1 Å². The van der Waals surface area contributed by atoms with Crippen molar-refractivity contribution in [2.45, 2.75) is 0 Å². The molecule has 1 amide bonds. The minimum Gasteiger partial charge on any atom is -0.397 e. The van der Waals surface area contributed by atoms with E-state index in [1.807, 2.05) is 0 Å². The molecule has 3 nitrogen and oxygen atoms in total. The quantitative estimate of drug-likeness (QED) is 0.860. The average Bonchev–Trinajstić information content (AvgIpc) is 2.37. The maximum atomic E-state index is 13.6. The molecule has 2 N–H and O–H groups in total. The van der Waals surface area contributed by atoms with Gasteiger partial charge in [0.05, 0.1) is 11.4 Å². The third-order valence-electron chi connectivity index (χ3n) is 2.82. The van der Waals surface area contributed by atoms with Gasteiger partial charge in [-0.05, 0) is 12.1 Å². The molecule has 0 aliphatic heterocycles. The molecule has 20 heavy (non-hydrogen) atoms. The number of nitrogens with two attached hydrogens (primary N) is 1. The number of amides is 1. The summed E-state index contributed by atoms with van der Waals surface area (Å²) in [4.78, 5) is 13.1. The molecule has 0 atom stereocenters. The highest BCUT2D eigenvalue weighted by Gasteiger charge is 2.23. The first-order valence-corrected chi connectivity index (χ1v) is 5.69. The first-order chi connectivity index (χ1) is 9.41. The van der Waals surface area contributed by atoms with E-state index in [1.54, 1.807) is 18.2 Å². The van der Waals surface area contributed by atoms with Crippen LogP contribution in [0.2, 0.25) is 0 Å². The fourth-order valence-electron chi connectivity index (χ4n) is 1.82. The largest absolute Gasteiger partial charge is 0.397 e. The number of carbonyl (C=O) groups is 1. The molecule has 2 aromatic carbocycles. The van der Waals surface area contributed by atoms with E-state index in [4.69, 9.17) is 5.73 Å². The molecule has 0 saturated heterocycles. The Kier molecular flexibility index (Phi) is 3.65. The topological polar surface area (TPSA) is 46.3 Å². The van der Waals surface area contributed by atoms with E-state index in [9.17, 15) is 18.0 Å². The van der Waals surface area contributed by atoms with Crippen molar-refractivity contribution in [3.63, 3.8) is 0 Å². The fourth-order valence-corrected chi connectivity index (χ4v) is 1.82. The first kappa shape index (κ1) is 13.9. The van der Waals surface area contributed by atoms with Crippen LogP contribution in [0.5, 0.6) is 0 Å². The second-order valence-corrected chi connectivity index (χ2v) is 4.17. The number of rotatable bonds is 2. The summed E-state index contributed by atoms with van der Waals surface area (Å²) in [6.45, 7) is 0. The highest BCUT2D eigenvalue weighted by atomic mass is 19.1. The second-order valence-electron chi connectivity index (χ2n) is 4.17. The summed E-state index contributed by atoms with van der Waals surface area (Å²) in [5.74, 6) is -4.54. The van der Waals surface area contributed by atoms with Crippen LogP contribution in [0.3, 0.4) is 0 Å². The third-order valence-corrected chi connectivity index (χ3v) is 2.82. The lowest BCUT2D eigenvalue weighted by molar-refractivity contribution is 0.0985. The number of anilines is 2. The number of halogens is 3. The van der Waals surface area contributed by atoms with Crippen LogP contribution in [0.1, 0.15) is 10.4 Å². The number of carbonyl (C=O) groups excluding carboxylic acids is 1. The van der Waals surface area contributed by atoms with Crippen LogP contribution in [0, 0.1) is 17.5 Å². The molecule has 0 aliphatic rings. The van der Waals surface area contributed by atoms with Crippen LogP contribution in [0.15, 0.2) is 36.4 Å². The average molecular weight is 280 g/mol. The molecular weight excluding hydrogens is 269 g/mol. The number of nitrogens with zero attached hydrogens (tertiary/aromatic N) is 1. The van der Waals surface area contributed by atoms with E-state index in [0.29, 0.717) is 17.8 Å². The first-order valence-electron chi connectivity index (χ1n) is 5.69. The zero-order chi connectivity index (χ0) is 14.9. The molecule has 0 spiro atoms. The van der Waals surface area contributed by atoms with Crippen LogP contribution in [0.4, 0.5) is 24.5 Å². The van der Waals surface area contributed by atoms with Crippen LogP contribution >= 0.6 is 0 Å². The molecule has 0 unspecified atom stereocenters. The summed E-state index contributed by atoms with van der Waals surface area (Å²) in [6, 6.07) is 7.29. The number of benzene rings is 2. The van der Waals surface area contributed by atoms with Gasteiger partial charge in [0.15, 0.2) is 0 Å². The molecule has 0 heterocycles. The van der Waals surface area contributed by atoms with Gasteiger partial charge in [-0.1, -0.05) is 12.1 Å². The number of hydrogen-bond acceptors (Lipinski definition) is 2. The molecule has 2 aromatic rings. The Balaban J connectivity index is 2.45. The Bertz CT molecular complexity index is 650. The van der Waals surface area contributed by atoms with Gasteiger partial charge in [0.1, 0.15) is 23.0 Å². The molecule has 0 aliphatic carbocycles. The molecule has 0 fully saturated rings. The molecule has 0 saturated carbocycles. The maximum absolute atomic E-state index is 13.6. The van der Waals surface area contributed by atoms with Gasteiger partial charge in [0.2, 0.25) is 0 Å². The summed E-state index contributed by atoms with van der Waals surface area (Å²) >= 11 is 0. The standard InChI is InChI=1S/C14H11F3N2O/c1-19(12-5-3-2-4-11(12)18)14(20)13-9(16)6-8(15)7-10(13)17/h2-7H,18H2,1H3. The Morgan fingerprint density at radius 3 is 2.20 bits per heavy atom. The second kappa shape index (κ2) is 5.24. The summed E-state index contributed by atoms with van der Waals surface area (Å²) in [7, 11) is 1.33. The normalized spacial score (nSPS) is 10.4. The molecule has 0 aromatic heterocycles. The van der Waals surface area contributed by atoms with Crippen LogP contribution < -0.4 is 10.6 Å². The molecular formula is C14H11F3N2O. The van der Waals surface area contributed by atoms with Crippen molar-refractivity contribution in [3.05, 3.63) is 59.4 Å². The summed E-state index contributed by atoms with van der Waals surface area (Å²) < 4.78 is 40.0. The SMILES string of the molecule is CN(C(=O)c1c(F)cc(F)cc1F)c1ccccc1N. The predicted octanol–water partition coefficient (Wildman–Crippen LogP) is 2.96. The molecule has 6 heteroatoms. The zero-order valence-corrected chi connectivity index (χ0v) is 10.5. The maximum Gasteiger partial charge on any atom is 0.264 e. The summed E-state index contributed by atoms with van der Waals surface area (Å²) in [6.07, 6.45) is 0. The Morgan fingerprint density at radius 2 is 1.65 bits per heavy atom. The van der Waals surface area contributed by atoms with Gasteiger partial charge in [-0.15, -0.1) is 0 Å². The molecule has 0 bridgehead atoms. The van der Waals surface area contributed by atoms with Gasteiger partial charge in [-0.25, -0.2) is 13.2 Å². The highest BCUT2D eigenvalue weighted by Crippen LogP contribution is 2.24. The lowest BCUT2D eigenvalue weighted by atomic mass is 10.1. The number of nitrogen functional groups attached to an aromatic ring is 1. The molecule has 104 valence electrons.